The summed E-state index contributed by atoms with van der Waals surface area (Å²) >= 11 is 0. The van der Waals surface area contributed by atoms with E-state index in [0.29, 0.717) is 39.4 Å². The van der Waals surface area contributed by atoms with Crippen LogP contribution in [0, 0.1) is 18.3 Å². The van der Waals surface area contributed by atoms with Crippen molar-refractivity contribution in [1.29, 1.82) is 5.26 Å². The van der Waals surface area contributed by atoms with Crippen molar-refractivity contribution in [2.24, 2.45) is 0 Å². The van der Waals surface area contributed by atoms with Gasteiger partial charge in [-0.3, -0.25) is 9.78 Å². The first kappa shape index (κ1) is 24.0. The van der Waals surface area contributed by atoms with Crippen molar-refractivity contribution in [3.05, 3.63) is 71.3 Å². The number of rotatable bonds is 6. The SMILES string of the molecule is Cc1cc(-c2c(-c3cccc(C#N)c3)nn3ccc(C(=O)NC(C)C(C)(C)O)nc23)cc(CO)n1. The smallest absolute Gasteiger partial charge is 0.270 e. The Hall–Kier alpha value is -4.13. The van der Waals surface area contributed by atoms with Gasteiger partial charge in [0.25, 0.3) is 5.91 Å². The van der Waals surface area contributed by atoms with Gasteiger partial charge in [0, 0.05) is 17.5 Å². The summed E-state index contributed by atoms with van der Waals surface area (Å²) in [5.41, 5.74) is 3.84. The van der Waals surface area contributed by atoms with Gasteiger partial charge in [-0.1, -0.05) is 12.1 Å². The van der Waals surface area contributed by atoms with Crippen molar-refractivity contribution in [3.8, 4) is 28.5 Å². The van der Waals surface area contributed by atoms with Gasteiger partial charge in [-0.15, -0.1) is 0 Å². The molecule has 9 heteroatoms. The fourth-order valence-corrected chi connectivity index (χ4v) is 3.67. The molecular weight excluding hydrogens is 444 g/mol. The van der Waals surface area contributed by atoms with E-state index in [9.17, 15) is 20.3 Å². The van der Waals surface area contributed by atoms with Crippen LogP contribution in [-0.2, 0) is 6.61 Å². The normalized spacial score (nSPS) is 12.4. The summed E-state index contributed by atoms with van der Waals surface area (Å²) in [6.45, 7) is 6.56. The molecule has 0 saturated heterocycles. The van der Waals surface area contributed by atoms with Gasteiger partial charge in [-0.25, -0.2) is 9.50 Å². The number of hydrogen-bond donors (Lipinski definition) is 3. The zero-order valence-corrected chi connectivity index (χ0v) is 19.9. The lowest BCUT2D eigenvalue weighted by atomic mass is 9.99. The average molecular weight is 471 g/mol. The van der Waals surface area contributed by atoms with Crippen LogP contribution in [0.4, 0.5) is 0 Å². The van der Waals surface area contributed by atoms with Gasteiger partial charge in [0.05, 0.1) is 41.1 Å². The molecule has 9 nitrogen and oxygen atoms in total. The number of carbonyl (C=O) groups excluding carboxylic acids is 1. The molecule has 0 aliphatic rings. The molecule has 178 valence electrons. The number of fused-ring (bicyclic) bond motifs is 1. The number of nitrogens with zero attached hydrogens (tertiary/aromatic N) is 5. The average Bonchev–Trinajstić information content (AvgIpc) is 3.21. The number of carbonyl (C=O) groups is 1. The van der Waals surface area contributed by atoms with Crippen molar-refractivity contribution in [2.75, 3.05) is 0 Å². The molecule has 3 aromatic heterocycles. The number of aliphatic hydroxyl groups excluding tert-OH is 1. The number of nitriles is 1. The third-order valence-corrected chi connectivity index (χ3v) is 5.85. The first-order valence-corrected chi connectivity index (χ1v) is 11.1. The minimum Gasteiger partial charge on any atom is -0.390 e. The van der Waals surface area contributed by atoms with Gasteiger partial charge in [0.15, 0.2) is 5.65 Å². The van der Waals surface area contributed by atoms with E-state index >= 15 is 0 Å². The molecule has 3 heterocycles. The predicted octanol–water partition coefficient (Wildman–Crippen LogP) is 3.02. The van der Waals surface area contributed by atoms with Crippen molar-refractivity contribution in [1.82, 2.24) is 24.9 Å². The molecule has 0 aliphatic heterocycles. The van der Waals surface area contributed by atoms with Gasteiger partial charge >= 0.3 is 0 Å². The first-order chi connectivity index (χ1) is 16.6. The second kappa shape index (κ2) is 9.25. The van der Waals surface area contributed by atoms with Gasteiger partial charge in [-0.05, 0) is 63.6 Å². The molecule has 4 rings (SSSR count). The Kier molecular flexibility index (Phi) is 6.35. The summed E-state index contributed by atoms with van der Waals surface area (Å²) in [7, 11) is 0. The van der Waals surface area contributed by atoms with Crippen molar-refractivity contribution in [2.45, 2.75) is 45.9 Å². The molecule has 4 aromatic rings. The van der Waals surface area contributed by atoms with Gasteiger partial charge in [0.2, 0.25) is 0 Å². The van der Waals surface area contributed by atoms with Crippen LogP contribution in [0.25, 0.3) is 28.0 Å². The van der Waals surface area contributed by atoms with Crippen molar-refractivity contribution < 1.29 is 15.0 Å². The highest BCUT2D eigenvalue weighted by atomic mass is 16.3. The molecule has 1 unspecified atom stereocenters. The van der Waals surface area contributed by atoms with Gasteiger partial charge in [0.1, 0.15) is 11.4 Å². The highest BCUT2D eigenvalue weighted by molar-refractivity contribution is 5.95. The van der Waals surface area contributed by atoms with Crippen LogP contribution in [0.1, 0.15) is 48.2 Å². The van der Waals surface area contributed by atoms with E-state index in [1.54, 1.807) is 61.8 Å². The van der Waals surface area contributed by atoms with E-state index in [4.69, 9.17) is 5.10 Å². The maximum atomic E-state index is 12.9. The summed E-state index contributed by atoms with van der Waals surface area (Å²) in [5.74, 6) is -0.427. The van der Waals surface area contributed by atoms with Crippen LogP contribution in [-0.4, -0.2) is 47.3 Å². The fraction of sp³-hybridized carbons (Fsp3) is 0.269. The minimum absolute atomic E-state index is 0.167. The third-order valence-electron chi connectivity index (χ3n) is 5.85. The fourth-order valence-electron chi connectivity index (χ4n) is 3.67. The zero-order chi connectivity index (χ0) is 25.3. The molecule has 0 bridgehead atoms. The number of pyridine rings is 1. The van der Waals surface area contributed by atoms with Crippen molar-refractivity contribution in [3.63, 3.8) is 0 Å². The number of nitrogens with one attached hydrogen (secondary N) is 1. The Morgan fingerprint density at radius 1 is 1.20 bits per heavy atom. The summed E-state index contributed by atoms with van der Waals surface area (Å²) < 4.78 is 1.58. The highest BCUT2D eigenvalue weighted by Crippen LogP contribution is 2.35. The molecule has 0 radical (unpaired) electrons. The lowest BCUT2D eigenvalue weighted by Gasteiger charge is -2.26. The Bertz CT molecular complexity index is 1460. The number of hydrogen-bond acceptors (Lipinski definition) is 7. The first-order valence-electron chi connectivity index (χ1n) is 11.1. The number of aryl methyl sites for hydroxylation is 1. The second-order valence-electron chi connectivity index (χ2n) is 8.99. The Morgan fingerprint density at radius 2 is 1.97 bits per heavy atom. The predicted molar refractivity (Wildman–Crippen MR) is 130 cm³/mol. The van der Waals surface area contributed by atoms with E-state index in [1.807, 2.05) is 19.1 Å². The molecule has 1 amide bonds. The number of amides is 1. The van der Waals surface area contributed by atoms with Gasteiger partial charge < -0.3 is 15.5 Å². The summed E-state index contributed by atoms with van der Waals surface area (Å²) in [6, 6.07) is 13.9. The maximum absolute atomic E-state index is 12.9. The van der Waals surface area contributed by atoms with Crippen LogP contribution in [0.2, 0.25) is 0 Å². The van der Waals surface area contributed by atoms with Crippen LogP contribution < -0.4 is 5.32 Å². The van der Waals surface area contributed by atoms with E-state index in [2.05, 4.69) is 21.4 Å². The minimum atomic E-state index is -1.10. The van der Waals surface area contributed by atoms with Crippen LogP contribution in [0.15, 0.2) is 48.7 Å². The van der Waals surface area contributed by atoms with E-state index in [1.165, 1.54) is 0 Å². The Labute approximate surface area is 202 Å². The van der Waals surface area contributed by atoms with E-state index < -0.39 is 17.6 Å². The molecule has 0 spiro atoms. The summed E-state index contributed by atoms with van der Waals surface area (Å²) in [6.07, 6.45) is 1.65. The van der Waals surface area contributed by atoms with E-state index in [-0.39, 0.29) is 12.3 Å². The standard InChI is InChI=1S/C26H26N6O3/c1-15-10-19(12-20(14-33)28-15)22-23(18-7-5-6-17(11-18)13-27)31-32-9-8-21(30-24(22)32)25(34)29-16(2)26(3,4)35/h5-12,16,33,35H,14H2,1-4H3,(H,29,34). The number of benzene rings is 1. The second-order valence-corrected chi connectivity index (χ2v) is 8.99. The van der Waals surface area contributed by atoms with E-state index in [0.717, 1.165) is 5.56 Å². The lowest BCUT2D eigenvalue weighted by Crippen LogP contribution is -2.47. The molecule has 0 fully saturated rings. The summed E-state index contributed by atoms with van der Waals surface area (Å²) in [4.78, 5) is 21.9. The molecule has 0 saturated carbocycles. The van der Waals surface area contributed by atoms with Crippen LogP contribution in [0.3, 0.4) is 0 Å². The topological polar surface area (TPSA) is 136 Å². The van der Waals surface area contributed by atoms with Crippen LogP contribution in [0.5, 0.6) is 0 Å². The molecule has 1 atom stereocenters. The molecule has 0 aliphatic carbocycles. The third kappa shape index (κ3) is 4.89. The number of aromatic nitrogens is 4. The zero-order valence-electron chi connectivity index (χ0n) is 19.9. The summed E-state index contributed by atoms with van der Waals surface area (Å²) in [5, 5.41) is 36.8. The van der Waals surface area contributed by atoms with Gasteiger partial charge in [-0.2, -0.15) is 10.4 Å². The molecule has 1 aromatic carbocycles. The largest absolute Gasteiger partial charge is 0.390 e. The lowest BCUT2D eigenvalue weighted by molar-refractivity contribution is 0.0407. The van der Waals surface area contributed by atoms with Crippen LogP contribution >= 0.6 is 0 Å². The molecule has 35 heavy (non-hydrogen) atoms. The maximum Gasteiger partial charge on any atom is 0.270 e. The Balaban J connectivity index is 1.93. The highest BCUT2D eigenvalue weighted by Gasteiger charge is 2.26. The monoisotopic (exact) mass is 470 g/mol. The number of aliphatic hydroxyl groups is 2. The molecule has 3 N–H and O–H groups in total. The van der Waals surface area contributed by atoms with Crippen molar-refractivity contribution >= 4 is 11.6 Å². The molecular formula is C26H26N6O3. The quantitative estimate of drug-likeness (QED) is 0.394. The Morgan fingerprint density at radius 3 is 2.66 bits per heavy atom.